The summed E-state index contributed by atoms with van der Waals surface area (Å²) in [4.78, 5) is 34.9. The highest BCUT2D eigenvalue weighted by molar-refractivity contribution is 7.47. The van der Waals surface area contributed by atoms with Gasteiger partial charge in [0.05, 0.1) is 13.2 Å². The number of allylic oxidation sites excluding steroid dienone is 2. The van der Waals surface area contributed by atoms with E-state index in [-0.39, 0.29) is 32.6 Å². The summed E-state index contributed by atoms with van der Waals surface area (Å²) in [5.74, 6) is -0.852. The molecule has 0 saturated heterocycles. The Morgan fingerprint density at radius 3 is 1.30 bits per heavy atom. The molecule has 338 valence electrons. The molecule has 9 nitrogen and oxygen atoms in total. The van der Waals surface area contributed by atoms with Gasteiger partial charge in [0.15, 0.2) is 6.10 Å². The second-order valence-corrected chi connectivity index (χ2v) is 17.8. The fraction of sp³-hybridized carbons (Fsp3) is 0.915. The molecule has 0 fully saturated rings. The van der Waals surface area contributed by atoms with Crippen LogP contribution in [0.15, 0.2) is 12.2 Å². The molecule has 0 radical (unpaired) electrons. The van der Waals surface area contributed by atoms with Gasteiger partial charge in [-0.15, -0.1) is 0 Å². The van der Waals surface area contributed by atoms with Crippen LogP contribution in [0.3, 0.4) is 0 Å². The van der Waals surface area contributed by atoms with Gasteiger partial charge < -0.3 is 20.1 Å². The second kappa shape index (κ2) is 44.3. The third-order valence-electron chi connectivity index (χ3n) is 10.7. The number of hydrogen-bond donors (Lipinski definition) is 2. The molecule has 0 spiro atoms. The first-order chi connectivity index (χ1) is 27.8. The second-order valence-electron chi connectivity index (χ2n) is 16.3. The number of phosphoric acid groups is 1. The summed E-state index contributed by atoms with van der Waals surface area (Å²) in [6.45, 7) is 3.74. The van der Waals surface area contributed by atoms with Crippen LogP contribution in [0.5, 0.6) is 0 Å². The van der Waals surface area contributed by atoms with Crippen molar-refractivity contribution in [1.29, 1.82) is 0 Å². The summed E-state index contributed by atoms with van der Waals surface area (Å²) in [5, 5.41) is 0. The predicted octanol–water partition coefficient (Wildman–Crippen LogP) is 14.2. The van der Waals surface area contributed by atoms with E-state index in [0.29, 0.717) is 12.8 Å². The number of rotatable bonds is 46. The van der Waals surface area contributed by atoms with Crippen molar-refractivity contribution in [3.63, 3.8) is 0 Å². The maximum absolute atomic E-state index is 12.6. The maximum Gasteiger partial charge on any atom is 0.472 e. The lowest BCUT2D eigenvalue weighted by molar-refractivity contribution is -0.161. The monoisotopic (exact) mass is 830 g/mol. The van der Waals surface area contributed by atoms with Crippen molar-refractivity contribution >= 4 is 19.8 Å². The molecule has 0 aliphatic rings. The highest BCUT2D eigenvalue weighted by atomic mass is 31.2. The minimum Gasteiger partial charge on any atom is -0.462 e. The van der Waals surface area contributed by atoms with Gasteiger partial charge in [-0.25, -0.2) is 4.57 Å². The van der Waals surface area contributed by atoms with Gasteiger partial charge in [-0.2, -0.15) is 0 Å². The summed E-state index contributed by atoms with van der Waals surface area (Å²) in [6.07, 6.45) is 46.9. The van der Waals surface area contributed by atoms with Crippen molar-refractivity contribution < 1.29 is 37.6 Å². The van der Waals surface area contributed by atoms with E-state index < -0.39 is 32.5 Å². The zero-order valence-electron chi connectivity index (χ0n) is 37.3. The van der Waals surface area contributed by atoms with E-state index in [1.807, 2.05) is 0 Å². The molecule has 0 aromatic carbocycles. The zero-order valence-corrected chi connectivity index (χ0v) is 38.2. The summed E-state index contributed by atoms with van der Waals surface area (Å²) < 4.78 is 32.8. The van der Waals surface area contributed by atoms with Crippen molar-refractivity contribution in [2.75, 3.05) is 26.4 Å². The number of hydrogen-bond acceptors (Lipinski definition) is 8. The molecule has 1 unspecified atom stereocenters. The van der Waals surface area contributed by atoms with Gasteiger partial charge in [0.2, 0.25) is 0 Å². The highest BCUT2D eigenvalue weighted by Crippen LogP contribution is 2.43. The van der Waals surface area contributed by atoms with E-state index in [1.165, 1.54) is 180 Å². The Morgan fingerprint density at radius 2 is 0.877 bits per heavy atom. The topological polar surface area (TPSA) is 134 Å². The third kappa shape index (κ3) is 44.1. The van der Waals surface area contributed by atoms with Gasteiger partial charge in [-0.3, -0.25) is 18.6 Å². The Kier molecular flexibility index (Phi) is 43.3. The summed E-state index contributed by atoms with van der Waals surface area (Å²) >= 11 is 0. The number of phosphoric ester groups is 1. The normalized spacial score (nSPS) is 13.3. The van der Waals surface area contributed by atoms with E-state index in [2.05, 4.69) is 26.0 Å². The van der Waals surface area contributed by atoms with Crippen molar-refractivity contribution in [3.05, 3.63) is 12.2 Å². The summed E-state index contributed by atoms with van der Waals surface area (Å²) in [7, 11) is -4.38. The predicted molar refractivity (Wildman–Crippen MR) is 238 cm³/mol. The Morgan fingerprint density at radius 1 is 0.509 bits per heavy atom. The quantitative estimate of drug-likeness (QED) is 0.0266. The molecule has 0 aliphatic heterocycles. The number of carbonyl (C=O) groups excluding carboxylic acids is 2. The third-order valence-corrected chi connectivity index (χ3v) is 11.6. The lowest BCUT2D eigenvalue weighted by atomic mass is 10.0. The zero-order chi connectivity index (χ0) is 41.8. The molecular weight excluding hydrogens is 737 g/mol. The van der Waals surface area contributed by atoms with E-state index in [4.69, 9.17) is 24.3 Å². The first-order valence-electron chi connectivity index (χ1n) is 24.2. The van der Waals surface area contributed by atoms with Gasteiger partial charge in [-0.1, -0.05) is 212 Å². The fourth-order valence-electron chi connectivity index (χ4n) is 7.05. The Labute approximate surface area is 351 Å². The average Bonchev–Trinajstić information content (AvgIpc) is 3.20. The number of esters is 2. The van der Waals surface area contributed by atoms with E-state index in [1.54, 1.807) is 0 Å². The van der Waals surface area contributed by atoms with E-state index >= 15 is 0 Å². The van der Waals surface area contributed by atoms with Crippen molar-refractivity contribution in [1.82, 2.24) is 0 Å². The largest absolute Gasteiger partial charge is 0.472 e. The first kappa shape index (κ1) is 55.8. The van der Waals surface area contributed by atoms with Crippen molar-refractivity contribution in [2.45, 2.75) is 251 Å². The van der Waals surface area contributed by atoms with Crippen LogP contribution in [0.25, 0.3) is 0 Å². The standard InChI is InChI=1S/C47H92NO8P/c1-3-5-7-9-11-13-15-17-18-19-20-21-22-23-24-25-26-28-29-31-33-35-37-39-46(49)53-43-45(44-55-57(51,52)54-42-41-48)56-47(50)40-38-36-34-32-30-27-16-14-12-10-8-6-4-2/h31,33,45H,3-30,32,34-44,48H2,1-2H3,(H,51,52)/b33-31+/t45-/m0/s1. The molecule has 0 heterocycles. The minimum atomic E-state index is -4.38. The van der Waals surface area contributed by atoms with Crippen LogP contribution >= 0.6 is 7.82 Å². The molecule has 0 saturated carbocycles. The van der Waals surface area contributed by atoms with Gasteiger partial charge >= 0.3 is 19.8 Å². The number of nitrogens with two attached hydrogens (primary N) is 1. The molecule has 0 aliphatic carbocycles. The van der Waals surface area contributed by atoms with E-state index in [0.717, 1.165) is 25.7 Å². The van der Waals surface area contributed by atoms with Crippen LogP contribution in [-0.4, -0.2) is 49.3 Å². The average molecular weight is 830 g/mol. The fourth-order valence-corrected chi connectivity index (χ4v) is 7.82. The highest BCUT2D eigenvalue weighted by Gasteiger charge is 2.26. The molecule has 3 N–H and O–H groups in total. The molecule has 0 aromatic heterocycles. The maximum atomic E-state index is 12.6. The van der Waals surface area contributed by atoms with Crippen LogP contribution in [0.2, 0.25) is 0 Å². The van der Waals surface area contributed by atoms with Crippen molar-refractivity contribution in [2.24, 2.45) is 5.73 Å². The van der Waals surface area contributed by atoms with Crippen molar-refractivity contribution in [3.8, 4) is 0 Å². The summed E-state index contributed by atoms with van der Waals surface area (Å²) in [6, 6.07) is 0. The lowest BCUT2D eigenvalue weighted by Crippen LogP contribution is -2.29. The van der Waals surface area contributed by atoms with Crippen LogP contribution in [0.4, 0.5) is 0 Å². The minimum absolute atomic E-state index is 0.0534. The van der Waals surface area contributed by atoms with Gasteiger partial charge in [0, 0.05) is 19.4 Å². The number of carbonyl (C=O) groups is 2. The van der Waals surface area contributed by atoms with Gasteiger partial charge in [0.1, 0.15) is 6.61 Å². The Hall–Kier alpha value is -1.25. The Bertz CT molecular complexity index is 948. The van der Waals surface area contributed by atoms with Crippen LogP contribution in [0.1, 0.15) is 245 Å². The lowest BCUT2D eigenvalue weighted by Gasteiger charge is -2.19. The molecule has 0 bridgehead atoms. The first-order valence-corrected chi connectivity index (χ1v) is 25.7. The van der Waals surface area contributed by atoms with Crippen LogP contribution in [0, 0.1) is 0 Å². The number of unbranched alkanes of at least 4 members (excludes halogenated alkanes) is 31. The molecule has 10 heteroatoms. The molecular formula is C47H92NO8P. The smallest absolute Gasteiger partial charge is 0.462 e. The number of ether oxygens (including phenoxy) is 2. The van der Waals surface area contributed by atoms with Gasteiger partial charge in [-0.05, 0) is 32.1 Å². The van der Waals surface area contributed by atoms with Gasteiger partial charge in [0.25, 0.3) is 0 Å². The molecule has 2 atom stereocenters. The molecule has 0 amide bonds. The van der Waals surface area contributed by atoms with Crippen LogP contribution in [-0.2, 0) is 32.7 Å². The van der Waals surface area contributed by atoms with Crippen LogP contribution < -0.4 is 5.73 Å². The molecule has 57 heavy (non-hydrogen) atoms. The molecule has 0 rings (SSSR count). The Balaban J connectivity index is 4.02. The summed E-state index contributed by atoms with van der Waals surface area (Å²) in [5.41, 5.74) is 5.35. The van der Waals surface area contributed by atoms with E-state index in [9.17, 15) is 19.0 Å². The molecule has 0 aromatic rings. The SMILES string of the molecule is CCCCCCCCCCCCCCCCCCCC/C=C/CCCC(=O)OC[C@@H](COP(=O)(O)OCCN)OC(=O)CCCCCCCCCCCCCCC.